The monoisotopic (exact) mass is 394 g/mol. The van der Waals surface area contributed by atoms with Gasteiger partial charge in [-0.3, -0.25) is 14.3 Å². The molecule has 4 heterocycles. The third kappa shape index (κ3) is 2.65. The Labute approximate surface area is 166 Å². The molecule has 29 heavy (non-hydrogen) atoms. The third-order valence-electron chi connectivity index (χ3n) is 5.08. The molecule has 0 fully saturated rings. The molecule has 2 aromatic heterocycles. The third-order valence-corrected chi connectivity index (χ3v) is 5.08. The number of benzene rings is 1. The van der Waals surface area contributed by atoms with Crippen LogP contribution in [-0.4, -0.2) is 41.5 Å². The highest BCUT2D eigenvalue weighted by molar-refractivity contribution is 5.94. The van der Waals surface area contributed by atoms with Gasteiger partial charge in [0.2, 0.25) is 24.2 Å². The number of carbonyl (C=O) groups is 1. The molecule has 9 heteroatoms. The number of imidazole rings is 1. The zero-order valence-electron chi connectivity index (χ0n) is 15.8. The molecule has 0 bridgehead atoms. The van der Waals surface area contributed by atoms with E-state index in [0.29, 0.717) is 28.8 Å². The van der Waals surface area contributed by atoms with Crippen LogP contribution in [0.3, 0.4) is 0 Å². The molecule has 0 unspecified atom stereocenters. The summed E-state index contributed by atoms with van der Waals surface area (Å²) in [6, 6.07) is 5.56. The van der Waals surface area contributed by atoms with Crippen LogP contribution in [0.2, 0.25) is 0 Å². The molecule has 9 nitrogen and oxygen atoms in total. The van der Waals surface area contributed by atoms with Crippen LogP contribution in [0.25, 0.3) is 5.69 Å². The molecule has 5 rings (SSSR count). The number of anilines is 1. The highest BCUT2D eigenvalue weighted by Gasteiger charge is 2.36. The van der Waals surface area contributed by atoms with Crippen LogP contribution in [0.15, 0.2) is 36.9 Å². The van der Waals surface area contributed by atoms with Crippen molar-refractivity contribution in [1.82, 2.24) is 14.5 Å². The Kier molecular flexibility index (Phi) is 4.01. The molecule has 1 aromatic carbocycles. The number of rotatable bonds is 4. The van der Waals surface area contributed by atoms with E-state index < -0.39 is 0 Å². The lowest BCUT2D eigenvalue weighted by atomic mass is 9.88. The van der Waals surface area contributed by atoms with Crippen molar-refractivity contribution in [2.24, 2.45) is 0 Å². The lowest BCUT2D eigenvalue weighted by Gasteiger charge is -2.25. The van der Waals surface area contributed by atoms with Gasteiger partial charge in [-0.15, -0.1) is 0 Å². The number of aromatic nitrogens is 3. The summed E-state index contributed by atoms with van der Waals surface area (Å²) in [5.74, 6) is 2.14. The van der Waals surface area contributed by atoms with Crippen LogP contribution >= 0.6 is 0 Å². The number of nitrogens with one attached hydrogen (secondary N) is 1. The van der Waals surface area contributed by atoms with Crippen molar-refractivity contribution in [2.45, 2.75) is 12.3 Å². The quantitative estimate of drug-likeness (QED) is 0.726. The Morgan fingerprint density at radius 3 is 2.86 bits per heavy atom. The standard InChI is InChI=1S/C20H18N4O5/c1-26-17-13(6-14-18(19(17)27-2)29-10-28-14)12-7-15(25)23-20-16(12)22-9-24(20)11-4-3-5-21-8-11/h3-6,8-9,12H,7,10H2,1-2H3,(H,23,25)/t12-/m0/s1. The Morgan fingerprint density at radius 2 is 2.10 bits per heavy atom. The van der Waals surface area contributed by atoms with E-state index in [2.05, 4.69) is 15.3 Å². The van der Waals surface area contributed by atoms with Crippen molar-refractivity contribution >= 4 is 11.7 Å². The topological polar surface area (TPSA) is 96.7 Å². The number of hydrogen-bond acceptors (Lipinski definition) is 7. The number of fused-ring (bicyclic) bond motifs is 2. The minimum absolute atomic E-state index is 0.102. The highest BCUT2D eigenvalue weighted by atomic mass is 16.7. The van der Waals surface area contributed by atoms with E-state index in [4.69, 9.17) is 18.9 Å². The normalized spacial score (nSPS) is 16.9. The van der Waals surface area contributed by atoms with Gasteiger partial charge < -0.3 is 24.3 Å². The van der Waals surface area contributed by atoms with E-state index in [9.17, 15) is 4.79 Å². The number of nitrogens with zero attached hydrogens (tertiary/aromatic N) is 3. The molecule has 0 radical (unpaired) electrons. The number of carbonyl (C=O) groups excluding carboxylic acids is 1. The maximum Gasteiger partial charge on any atom is 0.231 e. The second-order valence-electron chi connectivity index (χ2n) is 6.63. The zero-order valence-corrected chi connectivity index (χ0v) is 15.8. The first-order valence-corrected chi connectivity index (χ1v) is 9.03. The van der Waals surface area contributed by atoms with Crippen molar-refractivity contribution in [2.75, 3.05) is 26.3 Å². The van der Waals surface area contributed by atoms with Crippen LogP contribution in [0.1, 0.15) is 23.6 Å². The summed E-state index contributed by atoms with van der Waals surface area (Å²) in [5, 5.41) is 2.93. The molecule has 2 aliphatic rings. The second-order valence-corrected chi connectivity index (χ2v) is 6.63. The SMILES string of the molecule is COc1c([C@@H]2CC(=O)Nc3c2ncn3-c2cccnc2)cc2c(c1OC)OCO2. The Balaban J connectivity index is 1.68. The maximum atomic E-state index is 12.6. The van der Waals surface area contributed by atoms with Gasteiger partial charge in [-0.2, -0.15) is 0 Å². The average Bonchev–Trinajstić information content (AvgIpc) is 3.39. The molecular formula is C20H18N4O5. The van der Waals surface area contributed by atoms with Crippen molar-refractivity contribution in [1.29, 1.82) is 0 Å². The molecule has 0 spiro atoms. The lowest BCUT2D eigenvalue weighted by Crippen LogP contribution is -2.25. The minimum atomic E-state index is -0.338. The summed E-state index contributed by atoms with van der Waals surface area (Å²) >= 11 is 0. The van der Waals surface area contributed by atoms with Gasteiger partial charge in [0.25, 0.3) is 0 Å². The fourth-order valence-corrected chi connectivity index (χ4v) is 3.82. The van der Waals surface area contributed by atoms with Gasteiger partial charge in [-0.05, 0) is 18.2 Å². The number of hydrogen-bond donors (Lipinski definition) is 1. The van der Waals surface area contributed by atoms with Gasteiger partial charge in [0, 0.05) is 24.1 Å². The molecule has 2 aliphatic heterocycles. The average molecular weight is 394 g/mol. The first kappa shape index (κ1) is 17.4. The van der Waals surface area contributed by atoms with Crippen LogP contribution in [0.4, 0.5) is 5.82 Å². The summed E-state index contributed by atoms with van der Waals surface area (Å²) in [7, 11) is 3.10. The van der Waals surface area contributed by atoms with Crippen LogP contribution in [0, 0.1) is 0 Å². The summed E-state index contributed by atoms with van der Waals surface area (Å²) in [6.45, 7) is 0.102. The Hall–Kier alpha value is -3.75. The first-order chi connectivity index (χ1) is 14.2. The van der Waals surface area contributed by atoms with Gasteiger partial charge in [0.05, 0.1) is 31.8 Å². The fraction of sp³-hybridized carbons (Fsp3) is 0.250. The van der Waals surface area contributed by atoms with E-state index in [1.54, 1.807) is 32.9 Å². The predicted molar refractivity (Wildman–Crippen MR) is 102 cm³/mol. The fourth-order valence-electron chi connectivity index (χ4n) is 3.82. The summed E-state index contributed by atoms with van der Waals surface area (Å²) in [5.41, 5.74) is 2.28. The molecule has 3 aromatic rings. The van der Waals surface area contributed by atoms with Gasteiger partial charge >= 0.3 is 0 Å². The first-order valence-electron chi connectivity index (χ1n) is 9.03. The van der Waals surface area contributed by atoms with Crippen LogP contribution < -0.4 is 24.3 Å². The lowest BCUT2D eigenvalue weighted by molar-refractivity contribution is -0.116. The van der Waals surface area contributed by atoms with Gasteiger partial charge in [0.15, 0.2) is 11.5 Å². The molecule has 0 saturated carbocycles. The van der Waals surface area contributed by atoms with E-state index in [1.165, 1.54) is 0 Å². The molecule has 0 saturated heterocycles. The second kappa shape index (κ2) is 6.69. The number of methoxy groups -OCH3 is 2. The van der Waals surface area contributed by atoms with E-state index >= 15 is 0 Å². The largest absolute Gasteiger partial charge is 0.492 e. The molecule has 1 atom stereocenters. The highest BCUT2D eigenvalue weighted by Crippen LogP contribution is 2.53. The van der Waals surface area contributed by atoms with Gasteiger partial charge in [0.1, 0.15) is 12.1 Å². The van der Waals surface area contributed by atoms with Crippen LogP contribution in [-0.2, 0) is 4.79 Å². The molecule has 1 N–H and O–H groups in total. The number of ether oxygens (including phenoxy) is 4. The van der Waals surface area contributed by atoms with E-state index in [1.807, 2.05) is 22.8 Å². The van der Waals surface area contributed by atoms with E-state index in [-0.39, 0.29) is 25.0 Å². The Bertz CT molecular complexity index is 1100. The van der Waals surface area contributed by atoms with Gasteiger partial charge in [-0.25, -0.2) is 4.98 Å². The van der Waals surface area contributed by atoms with Crippen LogP contribution in [0.5, 0.6) is 23.0 Å². The zero-order chi connectivity index (χ0) is 20.0. The molecule has 0 aliphatic carbocycles. The Morgan fingerprint density at radius 1 is 1.24 bits per heavy atom. The molecular weight excluding hydrogens is 376 g/mol. The number of pyridine rings is 1. The summed E-state index contributed by atoms with van der Waals surface area (Å²) < 4.78 is 24.1. The minimum Gasteiger partial charge on any atom is -0.492 e. The molecule has 1 amide bonds. The summed E-state index contributed by atoms with van der Waals surface area (Å²) in [4.78, 5) is 21.3. The summed E-state index contributed by atoms with van der Waals surface area (Å²) in [6.07, 6.45) is 5.30. The number of amides is 1. The van der Waals surface area contributed by atoms with Crippen molar-refractivity contribution in [3.05, 3.63) is 48.2 Å². The van der Waals surface area contributed by atoms with Gasteiger partial charge in [-0.1, -0.05) is 0 Å². The van der Waals surface area contributed by atoms with Crippen molar-refractivity contribution < 1.29 is 23.7 Å². The van der Waals surface area contributed by atoms with E-state index in [0.717, 1.165) is 16.9 Å². The predicted octanol–water partition coefficient (Wildman–Crippen LogP) is 2.49. The van der Waals surface area contributed by atoms with Crippen molar-refractivity contribution in [3.63, 3.8) is 0 Å². The smallest absolute Gasteiger partial charge is 0.231 e. The molecule has 148 valence electrons. The van der Waals surface area contributed by atoms with Crippen molar-refractivity contribution in [3.8, 4) is 28.7 Å². The maximum absolute atomic E-state index is 12.6.